The van der Waals surface area contributed by atoms with Crippen molar-refractivity contribution in [1.82, 2.24) is 5.32 Å². The quantitative estimate of drug-likeness (QED) is 0.797. The van der Waals surface area contributed by atoms with Crippen molar-refractivity contribution in [2.24, 2.45) is 0 Å². The molecular weight excluding hydrogens is 296 g/mol. The third-order valence-electron chi connectivity index (χ3n) is 3.60. The van der Waals surface area contributed by atoms with Gasteiger partial charge in [0.25, 0.3) is 0 Å². The predicted octanol–water partition coefficient (Wildman–Crippen LogP) is 1.56. The summed E-state index contributed by atoms with van der Waals surface area (Å²) in [4.78, 5) is 13.7. The maximum atomic E-state index is 12.0. The van der Waals surface area contributed by atoms with Crippen molar-refractivity contribution in [3.05, 3.63) is 18.2 Å². The van der Waals surface area contributed by atoms with E-state index < -0.39 is 6.10 Å². The lowest BCUT2D eigenvalue weighted by molar-refractivity contribution is -0.118. The van der Waals surface area contributed by atoms with Crippen LogP contribution >= 0.6 is 0 Å². The van der Waals surface area contributed by atoms with Gasteiger partial charge < -0.3 is 24.8 Å². The number of nitrogens with one attached hydrogen (secondary N) is 1. The van der Waals surface area contributed by atoms with Crippen LogP contribution in [0.15, 0.2) is 18.2 Å². The first-order valence-corrected chi connectivity index (χ1v) is 8.12. The van der Waals surface area contributed by atoms with Gasteiger partial charge in [-0.25, -0.2) is 0 Å². The van der Waals surface area contributed by atoms with Crippen LogP contribution in [0.2, 0.25) is 0 Å². The van der Waals surface area contributed by atoms with Gasteiger partial charge in [0.2, 0.25) is 5.91 Å². The Morgan fingerprint density at radius 2 is 2.26 bits per heavy atom. The van der Waals surface area contributed by atoms with E-state index in [1.165, 1.54) is 0 Å². The maximum absolute atomic E-state index is 12.0. The molecule has 6 heteroatoms. The van der Waals surface area contributed by atoms with Crippen molar-refractivity contribution >= 4 is 11.6 Å². The summed E-state index contributed by atoms with van der Waals surface area (Å²) in [5.74, 6) is 1.35. The maximum Gasteiger partial charge on any atom is 0.226 e. The number of nitrogens with zero attached hydrogens (tertiary/aromatic N) is 1. The average Bonchev–Trinajstić information content (AvgIpc) is 2.56. The van der Waals surface area contributed by atoms with Gasteiger partial charge >= 0.3 is 0 Å². The smallest absolute Gasteiger partial charge is 0.226 e. The molecule has 0 radical (unpaired) electrons. The Hall–Kier alpha value is -1.79. The molecular formula is C17H26N2O4. The van der Waals surface area contributed by atoms with Gasteiger partial charge in [0.15, 0.2) is 0 Å². The Balaban J connectivity index is 1.97. The highest BCUT2D eigenvalue weighted by molar-refractivity contribution is 5.95. The summed E-state index contributed by atoms with van der Waals surface area (Å²) in [5.41, 5.74) is 0.775. The number of aliphatic hydroxyl groups is 1. The van der Waals surface area contributed by atoms with Gasteiger partial charge in [-0.1, -0.05) is 20.8 Å². The van der Waals surface area contributed by atoms with Crippen LogP contribution < -0.4 is 19.7 Å². The van der Waals surface area contributed by atoms with E-state index in [9.17, 15) is 9.90 Å². The van der Waals surface area contributed by atoms with Crippen molar-refractivity contribution in [2.75, 3.05) is 31.2 Å². The number of benzene rings is 1. The average molecular weight is 322 g/mol. The number of aliphatic hydroxyl groups excluding tert-OH is 1. The number of hydrogen-bond acceptors (Lipinski definition) is 5. The number of ether oxygens (including phenoxy) is 2. The molecule has 1 unspecified atom stereocenters. The first kappa shape index (κ1) is 17.6. The van der Waals surface area contributed by atoms with E-state index in [0.717, 1.165) is 5.69 Å². The number of carbonyl (C=O) groups excluding carboxylic acids is 1. The van der Waals surface area contributed by atoms with Gasteiger partial charge in [0.1, 0.15) is 30.8 Å². The van der Waals surface area contributed by atoms with Gasteiger partial charge in [0, 0.05) is 25.1 Å². The number of fused-ring (bicyclic) bond motifs is 1. The lowest BCUT2D eigenvalue weighted by Crippen LogP contribution is -2.37. The minimum Gasteiger partial charge on any atom is -0.491 e. The fourth-order valence-corrected chi connectivity index (χ4v) is 2.36. The molecule has 0 aliphatic carbocycles. The molecule has 0 saturated carbocycles. The molecule has 6 nitrogen and oxygen atoms in total. The highest BCUT2D eigenvalue weighted by Crippen LogP contribution is 2.35. The van der Waals surface area contributed by atoms with Crippen molar-refractivity contribution in [2.45, 2.75) is 39.3 Å². The Morgan fingerprint density at radius 1 is 1.48 bits per heavy atom. The minimum absolute atomic E-state index is 0.0819. The van der Waals surface area contributed by atoms with Crippen LogP contribution in [0.5, 0.6) is 11.5 Å². The standard InChI is InChI=1S/C17H26N2O4/c1-4-17(21)19-7-8-22-16-9-14(5-6-15(16)19)23-11-13(20)10-18-12(2)3/h5-6,9,12-13,18,20H,4,7-8,10-11H2,1-3H3. The predicted molar refractivity (Wildman–Crippen MR) is 89.2 cm³/mol. The lowest BCUT2D eigenvalue weighted by atomic mass is 10.2. The summed E-state index contributed by atoms with van der Waals surface area (Å²) in [5, 5.41) is 13.0. The number of amides is 1. The molecule has 1 aliphatic rings. The number of anilines is 1. The van der Waals surface area contributed by atoms with E-state index in [2.05, 4.69) is 5.32 Å². The van der Waals surface area contributed by atoms with Gasteiger partial charge in [0.05, 0.1) is 12.2 Å². The molecule has 128 valence electrons. The highest BCUT2D eigenvalue weighted by Gasteiger charge is 2.23. The van der Waals surface area contributed by atoms with Gasteiger partial charge in [-0.2, -0.15) is 0 Å². The summed E-state index contributed by atoms with van der Waals surface area (Å²) < 4.78 is 11.2. The van der Waals surface area contributed by atoms with Crippen LogP contribution in [0.1, 0.15) is 27.2 Å². The molecule has 0 spiro atoms. The molecule has 2 N–H and O–H groups in total. The highest BCUT2D eigenvalue weighted by atomic mass is 16.5. The van der Waals surface area contributed by atoms with E-state index in [1.54, 1.807) is 17.0 Å². The van der Waals surface area contributed by atoms with Crippen LogP contribution in [-0.4, -0.2) is 49.5 Å². The molecule has 2 rings (SSSR count). The molecule has 0 aromatic heterocycles. The van der Waals surface area contributed by atoms with E-state index in [4.69, 9.17) is 9.47 Å². The fourth-order valence-electron chi connectivity index (χ4n) is 2.36. The van der Waals surface area contributed by atoms with Crippen LogP contribution in [0.4, 0.5) is 5.69 Å². The summed E-state index contributed by atoms with van der Waals surface area (Å²) in [6.45, 7) is 7.63. The molecule has 1 atom stereocenters. The summed E-state index contributed by atoms with van der Waals surface area (Å²) in [6, 6.07) is 5.72. The van der Waals surface area contributed by atoms with E-state index in [-0.39, 0.29) is 12.5 Å². The normalized spacial score (nSPS) is 15.1. The first-order chi connectivity index (χ1) is 11.0. The Morgan fingerprint density at radius 3 is 2.96 bits per heavy atom. The molecule has 1 heterocycles. The molecule has 0 bridgehead atoms. The molecule has 1 aromatic carbocycles. The van der Waals surface area contributed by atoms with Crippen molar-refractivity contribution in [3.63, 3.8) is 0 Å². The lowest BCUT2D eigenvalue weighted by Gasteiger charge is -2.29. The largest absolute Gasteiger partial charge is 0.491 e. The minimum atomic E-state index is -0.576. The number of rotatable bonds is 7. The SMILES string of the molecule is CCC(=O)N1CCOc2cc(OCC(O)CNC(C)C)ccc21. The second-order valence-electron chi connectivity index (χ2n) is 5.90. The van der Waals surface area contributed by atoms with Crippen molar-refractivity contribution < 1.29 is 19.4 Å². The number of carbonyl (C=O) groups is 1. The molecule has 0 saturated heterocycles. The zero-order valence-corrected chi connectivity index (χ0v) is 14.0. The molecule has 0 fully saturated rings. The Labute approximate surface area is 137 Å². The van der Waals surface area contributed by atoms with Crippen LogP contribution in [0.3, 0.4) is 0 Å². The van der Waals surface area contributed by atoms with Crippen molar-refractivity contribution in [1.29, 1.82) is 0 Å². The molecule has 1 aliphatic heterocycles. The van der Waals surface area contributed by atoms with E-state index in [1.807, 2.05) is 26.8 Å². The molecule has 23 heavy (non-hydrogen) atoms. The third-order valence-corrected chi connectivity index (χ3v) is 3.60. The summed E-state index contributed by atoms with van der Waals surface area (Å²) in [7, 11) is 0. The van der Waals surface area contributed by atoms with E-state index in [0.29, 0.717) is 43.7 Å². The van der Waals surface area contributed by atoms with Crippen LogP contribution in [0, 0.1) is 0 Å². The molecule has 1 amide bonds. The second-order valence-corrected chi connectivity index (χ2v) is 5.90. The van der Waals surface area contributed by atoms with Gasteiger partial charge in [-0.05, 0) is 12.1 Å². The zero-order valence-electron chi connectivity index (χ0n) is 14.0. The fraction of sp³-hybridized carbons (Fsp3) is 0.588. The Kier molecular flexibility index (Phi) is 6.24. The molecule has 1 aromatic rings. The van der Waals surface area contributed by atoms with Crippen molar-refractivity contribution in [3.8, 4) is 11.5 Å². The third kappa shape index (κ3) is 4.84. The van der Waals surface area contributed by atoms with E-state index >= 15 is 0 Å². The summed E-state index contributed by atoms with van der Waals surface area (Å²) >= 11 is 0. The topological polar surface area (TPSA) is 71.0 Å². The zero-order chi connectivity index (χ0) is 16.8. The van der Waals surface area contributed by atoms with Gasteiger partial charge in [-0.15, -0.1) is 0 Å². The van der Waals surface area contributed by atoms with Crippen LogP contribution in [0.25, 0.3) is 0 Å². The van der Waals surface area contributed by atoms with Gasteiger partial charge in [-0.3, -0.25) is 4.79 Å². The van der Waals surface area contributed by atoms with Crippen LogP contribution in [-0.2, 0) is 4.79 Å². The first-order valence-electron chi connectivity index (χ1n) is 8.12. The number of hydrogen-bond donors (Lipinski definition) is 2. The Bertz CT molecular complexity index is 533. The summed E-state index contributed by atoms with van der Waals surface area (Å²) in [6.07, 6.45) is -0.111. The second kappa shape index (κ2) is 8.17. The monoisotopic (exact) mass is 322 g/mol.